The predicted octanol–water partition coefficient (Wildman–Crippen LogP) is 7.50. The van der Waals surface area contributed by atoms with Gasteiger partial charge in [0.15, 0.2) is 0 Å². The lowest BCUT2D eigenvalue weighted by Crippen LogP contribution is -2.04. The Kier molecular flexibility index (Phi) is 5.18. The van der Waals surface area contributed by atoms with Gasteiger partial charge in [0.25, 0.3) is 0 Å². The van der Waals surface area contributed by atoms with E-state index in [0.717, 1.165) is 28.1 Å². The molecule has 2 atom stereocenters. The van der Waals surface area contributed by atoms with Crippen LogP contribution in [-0.4, -0.2) is 4.33 Å². The van der Waals surface area contributed by atoms with Crippen molar-refractivity contribution < 1.29 is 0 Å². The molecule has 26 heavy (non-hydrogen) atoms. The standard InChI is InChI=1S/C22H22Cl3N/c1-12(2)18-11-17(6-7-19(18)23)26-15(5)20-21(22(20,24)25)16-9-13(3)8-14(4)10-16/h6-11,20-21,26H,1,5H2,2-4H3. The second kappa shape index (κ2) is 6.96. The number of rotatable bonds is 5. The number of allylic oxidation sites excluding steroid dienone is 2. The van der Waals surface area contributed by atoms with Crippen molar-refractivity contribution >= 4 is 46.1 Å². The minimum Gasteiger partial charge on any atom is -0.359 e. The molecule has 1 aliphatic rings. The van der Waals surface area contributed by atoms with Crippen LogP contribution < -0.4 is 5.32 Å². The minimum atomic E-state index is -0.853. The third-order valence-electron chi connectivity index (χ3n) is 4.76. The van der Waals surface area contributed by atoms with Crippen molar-refractivity contribution in [1.82, 2.24) is 0 Å². The molecule has 2 aromatic rings. The van der Waals surface area contributed by atoms with Crippen molar-refractivity contribution in [2.24, 2.45) is 5.92 Å². The average Bonchev–Trinajstić information content (AvgIpc) is 3.10. The molecule has 3 rings (SSSR count). The third kappa shape index (κ3) is 3.67. The fraction of sp³-hybridized carbons (Fsp3) is 0.273. The van der Waals surface area contributed by atoms with E-state index in [1.54, 1.807) is 0 Å². The fourth-order valence-electron chi connectivity index (χ4n) is 3.56. The smallest absolute Gasteiger partial charge is 0.134 e. The monoisotopic (exact) mass is 405 g/mol. The minimum absolute atomic E-state index is 0.0253. The summed E-state index contributed by atoms with van der Waals surface area (Å²) >= 11 is 19.4. The van der Waals surface area contributed by atoms with E-state index < -0.39 is 4.33 Å². The first kappa shape index (κ1) is 19.4. The van der Waals surface area contributed by atoms with Gasteiger partial charge in [-0.2, -0.15) is 0 Å². The second-order valence-corrected chi connectivity index (χ2v) is 9.03. The number of nitrogens with one attached hydrogen (secondary N) is 1. The first-order chi connectivity index (χ1) is 12.1. The van der Waals surface area contributed by atoms with Gasteiger partial charge < -0.3 is 5.32 Å². The lowest BCUT2D eigenvalue weighted by molar-refractivity contribution is 0.944. The summed E-state index contributed by atoms with van der Waals surface area (Å²) in [6.45, 7) is 14.3. The van der Waals surface area contributed by atoms with Crippen molar-refractivity contribution in [2.75, 3.05) is 5.32 Å². The van der Waals surface area contributed by atoms with E-state index in [1.165, 1.54) is 11.1 Å². The van der Waals surface area contributed by atoms with Gasteiger partial charge in [0.05, 0.1) is 0 Å². The van der Waals surface area contributed by atoms with Crippen molar-refractivity contribution in [3.05, 3.63) is 82.5 Å². The summed E-state index contributed by atoms with van der Waals surface area (Å²) in [6.07, 6.45) is 0. The van der Waals surface area contributed by atoms with Crippen molar-refractivity contribution in [1.29, 1.82) is 0 Å². The quantitative estimate of drug-likeness (QED) is 0.507. The number of hydrogen-bond donors (Lipinski definition) is 1. The summed E-state index contributed by atoms with van der Waals surface area (Å²) < 4.78 is -0.853. The fourth-order valence-corrected chi connectivity index (χ4v) is 4.73. The molecule has 0 amide bonds. The SMILES string of the molecule is C=C(C)c1cc(NC(=C)C2C(c3cc(C)cc(C)c3)C2(Cl)Cl)ccc1Cl. The highest BCUT2D eigenvalue weighted by molar-refractivity contribution is 6.52. The maximum Gasteiger partial charge on any atom is 0.134 e. The van der Waals surface area contributed by atoms with E-state index in [2.05, 4.69) is 50.5 Å². The van der Waals surface area contributed by atoms with Gasteiger partial charge in [-0.1, -0.05) is 54.1 Å². The van der Waals surface area contributed by atoms with Gasteiger partial charge in [-0.3, -0.25) is 0 Å². The van der Waals surface area contributed by atoms with E-state index in [1.807, 2.05) is 25.1 Å². The van der Waals surface area contributed by atoms with Crippen LogP contribution in [0.2, 0.25) is 5.02 Å². The molecule has 1 aliphatic carbocycles. The Morgan fingerprint density at radius 2 is 1.65 bits per heavy atom. The van der Waals surface area contributed by atoms with Gasteiger partial charge in [-0.25, -0.2) is 0 Å². The highest BCUT2D eigenvalue weighted by Gasteiger charge is 2.65. The van der Waals surface area contributed by atoms with Crippen molar-refractivity contribution in [3.63, 3.8) is 0 Å². The Balaban J connectivity index is 1.82. The molecule has 1 N–H and O–H groups in total. The third-order valence-corrected chi connectivity index (χ3v) is 6.03. The molecule has 136 valence electrons. The highest BCUT2D eigenvalue weighted by atomic mass is 35.5. The van der Waals surface area contributed by atoms with Gasteiger partial charge in [0.2, 0.25) is 0 Å². The first-order valence-corrected chi connectivity index (χ1v) is 9.62. The Bertz CT molecular complexity index is 878. The number of aryl methyl sites for hydroxylation is 2. The molecular weight excluding hydrogens is 385 g/mol. The second-order valence-electron chi connectivity index (χ2n) is 7.18. The van der Waals surface area contributed by atoms with Crippen LogP contribution in [0.25, 0.3) is 5.57 Å². The molecule has 1 nitrogen and oxygen atoms in total. The zero-order valence-corrected chi connectivity index (χ0v) is 17.4. The van der Waals surface area contributed by atoms with Crippen LogP contribution in [0.1, 0.15) is 35.1 Å². The van der Waals surface area contributed by atoms with Gasteiger partial charge >= 0.3 is 0 Å². The summed E-state index contributed by atoms with van der Waals surface area (Å²) in [5, 5.41) is 4.03. The van der Waals surface area contributed by atoms with Gasteiger partial charge in [-0.05, 0) is 55.7 Å². The normalized spacial score (nSPS) is 20.5. The summed E-state index contributed by atoms with van der Waals surface area (Å²) in [7, 11) is 0. The van der Waals surface area contributed by atoms with Crippen LogP contribution in [0, 0.1) is 19.8 Å². The number of benzene rings is 2. The van der Waals surface area contributed by atoms with Gasteiger partial charge in [0, 0.05) is 28.2 Å². The van der Waals surface area contributed by atoms with Crippen LogP contribution in [0.3, 0.4) is 0 Å². The molecular formula is C22H22Cl3N. The molecule has 1 saturated carbocycles. The molecule has 0 spiro atoms. The molecule has 1 fully saturated rings. The maximum absolute atomic E-state index is 6.61. The number of halogens is 3. The topological polar surface area (TPSA) is 12.0 Å². The van der Waals surface area contributed by atoms with Crippen LogP contribution in [-0.2, 0) is 0 Å². The van der Waals surface area contributed by atoms with E-state index in [4.69, 9.17) is 34.8 Å². The number of alkyl halides is 2. The summed E-state index contributed by atoms with van der Waals surface area (Å²) in [5.41, 5.74) is 7.08. The van der Waals surface area contributed by atoms with Crippen LogP contribution in [0.5, 0.6) is 0 Å². The zero-order chi connectivity index (χ0) is 19.2. The average molecular weight is 407 g/mol. The molecule has 0 bridgehead atoms. The number of anilines is 1. The lowest BCUT2D eigenvalue weighted by Gasteiger charge is -2.12. The predicted molar refractivity (Wildman–Crippen MR) is 116 cm³/mol. The summed E-state index contributed by atoms with van der Waals surface area (Å²) in [6, 6.07) is 12.2. The summed E-state index contributed by atoms with van der Waals surface area (Å²) in [4.78, 5) is 0. The van der Waals surface area contributed by atoms with E-state index in [9.17, 15) is 0 Å². The summed E-state index contributed by atoms with van der Waals surface area (Å²) in [5.74, 6) is -0.0340. The van der Waals surface area contributed by atoms with E-state index in [0.29, 0.717) is 5.02 Å². The molecule has 4 heteroatoms. The van der Waals surface area contributed by atoms with Crippen molar-refractivity contribution in [2.45, 2.75) is 31.0 Å². The Morgan fingerprint density at radius 3 is 2.23 bits per heavy atom. The molecule has 2 unspecified atom stereocenters. The maximum atomic E-state index is 6.61. The van der Waals surface area contributed by atoms with Crippen LogP contribution >= 0.6 is 34.8 Å². The largest absolute Gasteiger partial charge is 0.359 e. The molecule has 0 saturated heterocycles. The van der Waals surface area contributed by atoms with Gasteiger partial charge in [-0.15, -0.1) is 23.2 Å². The molecule has 0 heterocycles. The highest BCUT2D eigenvalue weighted by Crippen LogP contribution is 2.67. The zero-order valence-electron chi connectivity index (χ0n) is 15.2. The first-order valence-electron chi connectivity index (χ1n) is 8.48. The Morgan fingerprint density at radius 1 is 1.04 bits per heavy atom. The van der Waals surface area contributed by atoms with E-state index in [-0.39, 0.29) is 11.8 Å². The Hall–Kier alpha value is -1.41. The Labute approximate surface area is 170 Å². The van der Waals surface area contributed by atoms with E-state index >= 15 is 0 Å². The van der Waals surface area contributed by atoms with Crippen molar-refractivity contribution in [3.8, 4) is 0 Å². The molecule has 0 radical (unpaired) electrons. The van der Waals surface area contributed by atoms with Gasteiger partial charge in [0.1, 0.15) is 4.33 Å². The lowest BCUT2D eigenvalue weighted by atomic mass is 10.0. The van der Waals surface area contributed by atoms with Crippen LogP contribution in [0.4, 0.5) is 5.69 Å². The molecule has 0 aromatic heterocycles. The molecule has 2 aromatic carbocycles. The number of hydrogen-bond acceptors (Lipinski definition) is 1. The molecule has 0 aliphatic heterocycles. The van der Waals surface area contributed by atoms with Crippen LogP contribution in [0.15, 0.2) is 55.3 Å².